The molecule has 8 heteroatoms. The molecule has 0 spiro atoms. The van der Waals surface area contributed by atoms with Gasteiger partial charge in [0.2, 0.25) is 5.91 Å². The average molecular weight is 348 g/mol. The van der Waals surface area contributed by atoms with Gasteiger partial charge in [-0.15, -0.1) is 0 Å². The van der Waals surface area contributed by atoms with E-state index in [2.05, 4.69) is 20.4 Å². The molecule has 2 aliphatic heterocycles. The zero-order valence-corrected chi connectivity index (χ0v) is 14.6. The highest BCUT2D eigenvalue weighted by Gasteiger charge is 2.25. The van der Waals surface area contributed by atoms with Gasteiger partial charge < -0.3 is 20.9 Å². The lowest BCUT2D eigenvalue weighted by Crippen LogP contribution is -2.48. The van der Waals surface area contributed by atoms with Crippen LogP contribution in [0.15, 0.2) is 12.3 Å². The molecule has 3 rings (SSSR count). The number of carbonyl (C=O) groups is 2. The number of nitrogens with zero attached hydrogens (tertiary/aromatic N) is 3. The molecule has 3 amide bonds. The third kappa shape index (κ3) is 4.72. The molecule has 0 aliphatic carbocycles. The normalized spacial score (nSPS) is 22.7. The Morgan fingerprint density at radius 2 is 2.08 bits per heavy atom. The first kappa shape index (κ1) is 17.7. The van der Waals surface area contributed by atoms with Crippen LogP contribution in [-0.2, 0) is 4.79 Å². The van der Waals surface area contributed by atoms with Crippen molar-refractivity contribution < 1.29 is 9.59 Å². The van der Waals surface area contributed by atoms with Crippen LogP contribution in [0.25, 0.3) is 0 Å². The average Bonchev–Trinajstić information content (AvgIpc) is 3.17. The molecule has 0 bridgehead atoms. The first-order valence-corrected chi connectivity index (χ1v) is 9.17. The van der Waals surface area contributed by atoms with Crippen LogP contribution in [0.3, 0.4) is 0 Å². The zero-order chi connectivity index (χ0) is 17.6. The van der Waals surface area contributed by atoms with Crippen molar-refractivity contribution >= 4 is 11.9 Å². The van der Waals surface area contributed by atoms with Gasteiger partial charge >= 0.3 is 6.03 Å². The summed E-state index contributed by atoms with van der Waals surface area (Å²) in [5.41, 5.74) is 6.56. The zero-order valence-electron chi connectivity index (χ0n) is 14.6. The van der Waals surface area contributed by atoms with Crippen molar-refractivity contribution in [2.45, 2.75) is 31.6 Å². The summed E-state index contributed by atoms with van der Waals surface area (Å²) < 4.78 is 0. The molecule has 2 fully saturated rings. The van der Waals surface area contributed by atoms with E-state index < -0.39 is 0 Å². The Labute approximate surface area is 148 Å². The number of hydrogen-bond acceptors (Lipinski definition) is 4. The van der Waals surface area contributed by atoms with E-state index in [0.29, 0.717) is 19.0 Å². The number of nitrogens with two attached hydrogens (primary N) is 1. The SMILES string of the molecule is NC(=O)[C@H]1CCCN(CCNC(=O)N2CCC(c3ccn[nH]3)CC2)C1. The van der Waals surface area contributed by atoms with Crippen LogP contribution in [0.1, 0.15) is 37.3 Å². The number of H-pyrrole nitrogens is 1. The van der Waals surface area contributed by atoms with Crippen LogP contribution in [0.5, 0.6) is 0 Å². The van der Waals surface area contributed by atoms with E-state index in [1.54, 1.807) is 6.20 Å². The van der Waals surface area contributed by atoms with Crippen LogP contribution in [0.2, 0.25) is 0 Å². The maximum Gasteiger partial charge on any atom is 0.317 e. The molecule has 0 aromatic carbocycles. The van der Waals surface area contributed by atoms with E-state index in [1.807, 2.05) is 11.0 Å². The largest absolute Gasteiger partial charge is 0.369 e. The van der Waals surface area contributed by atoms with Crippen molar-refractivity contribution in [2.75, 3.05) is 39.3 Å². The summed E-state index contributed by atoms with van der Waals surface area (Å²) in [6.45, 7) is 4.58. The van der Waals surface area contributed by atoms with Crippen LogP contribution < -0.4 is 11.1 Å². The minimum Gasteiger partial charge on any atom is -0.369 e. The molecular weight excluding hydrogens is 320 g/mol. The third-order valence-electron chi connectivity index (χ3n) is 5.36. The van der Waals surface area contributed by atoms with Crippen LogP contribution in [0, 0.1) is 5.92 Å². The van der Waals surface area contributed by atoms with Crippen LogP contribution in [0.4, 0.5) is 4.79 Å². The summed E-state index contributed by atoms with van der Waals surface area (Å²) in [6.07, 6.45) is 5.56. The molecule has 138 valence electrons. The maximum atomic E-state index is 12.3. The quantitative estimate of drug-likeness (QED) is 0.720. The van der Waals surface area contributed by atoms with Gasteiger partial charge in [-0.3, -0.25) is 9.89 Å². The lowest BCUT2D eigenvalue weighted by molar-refractivity contribution is -0.123. The van der Waals surface area contributed by atoms with Gasteiger partial charge in [-0.1, -0.05) is 0 Å². The molecular formula is C17H28N6O2. The molecule has 8 nitrogen and oxygen atoms in total. The van der Waals surface area contributed by atoms with E-state index >= 15 is 0 Å². The second-order valence-electron chi connectivity index (χ2n) is 7.05. The molecule has 1 atom stereocenters. The Balaban J connectivity index is 1.35. The maximum absolute atomic E-state index is 12.3. The van der Waals surface area contributed by atoms with Crippen molar-refractivity contribution in [1.29, 1.82) is 0 Å². The fourth-order valence-electron chi connectivity index (χ4n) is 3.81. The number of hydrogen-bond donors (Lipinski definition) is 3. The van der Waals surface area contributed by atoms with Gasteiger partial charge in [0.25, 0.3) is 0 Å². The molecule has 0 radical (unpaired) electrons. The molecule has 2 aliphatic rings. The van der Waals surface area contributed by atoms with E-state index in [9.17, 15) is 9.59 Å². The number of urea groups is 1. The van der Waals surface area contributed by atoms with Gasteiger partial charge in [0.15, 0.2) is 0 Å². The van der Waals surface area contributed by atoms with Crippen molar-refractivity contribution in [3.05, 3.63) is 18.0 Å². The molecule has 25 heavy (non-hydrogen) atoms. The predicted molar refractivity (Wildman–Crippen MR) is 93.9 cm³/mol. The molecule has 1 aromatic rings. The first-order chi connectivity index (χ1) is 12.1. The summed E-state index contributed by atoms with van der Waals surface area (Å²) in [5, 5.41) is 10.0. The van der Waals surface area contributed by atoms with Crippen molar-refractivity contribution in [3.63, 3.8) is 0 Å². The van der Waals surface area contributed by atoms with Gasteiger partial charge in [-0.05, 0) is 38.3 Å². The minimum atomic E-state index is -0.214. The van der Waals surface area contributed by atoms with Crippen LogP contribution in [-0.4, -0.2) is 71.2 Å². The number of likely N-dealkylation sites (tertiary alicyclic amines) is 2. The molecule has 2 saturated heterocycles. The van der Waals surface area contributed by atoms with E-state index in [1.165, 1.54) is 0 Å². The van der Waals surface area contributed by atoms with Gasteiger partial charge in [-0.2, -0.15) is 5.10 Å². The van der Waals surface area contributed by atoms with E-state index in [4.69, 9.17) is 5.73 Å². The summed E-state index contributed by atoms with van der Waals surface area (Å²) >= 11 is 0. The number of aromatic nitrogens is 2. The highest BCUT2D eigenvalue weighted by molar-refractivity contribution is 5.77. The van der Waals surface area contributed by atoms with Crippen molar-refractivity contribution in [3.8, 4) is 0 Å². The van der Waals surface area contributed by atoms with Crippen molar-refractivity contribution in [1.82, 2.24) is 25.3 Å². The second kappa shape index (κ2) is 8.33. The number of rotatable bonds is 5. The van der Waals surface area contributed by atoms with Crippen molar-refractivity contribution in [2.24, 2.45) is 11.7 Å². The second-order valence-corrected chi connectivity index (χ2v) is 7.05. The standard InChI is InChI=1S/C17H28N6O2/c18-16(24)14-2-1-8-22(12-14)11-7-19-17(25)23-9-4-13(5-10-23)15-3-6-20-21-15/h3,6,13-14H,1-2,4-5,7-12H2,(H2,18,24)(H,19,25)(H,20,21)/t14-/m0/s1. The van der Waals surface area contributed by atoms with Gasteiger partial charge in [0, 0.05) is 50.5 Å². The Hall–Kier alpha value is -2.09. The first-order valence-electron chi connectivity index (χ1n) is 9.17. The fourth-order valence-corrected chi connectivity index (χ4v) is 3.81. The minimum absolute atomic E-state index is 0.00604. The number of nitrogens with one attached hydrogen (secondary N) is 2. The molecule has 0 saturated carbocycles. The molecule has 3 heterocycles. The number of piperidine rings is 2. The third-order valence-corrected chi connectivity index (χ3v) is 5.36. The van der Waals surface area contributed by atoms with Gasteiger partial charge in [0.1, 0.15) is 0 Å². The summed E-state index contributed by atoms with van der Waals surface area (Å²) in [4.78, 5) is 27.7. The van der Waals surface area contributed by atoms with Gasteiger partial charge in [0.05, 0.1) is 5.92 Å². The summed E-state index contributed by atoms with van der Waals surface area (Å²) in [7, 11) is 0. The Morgan fingerprint density at radius 3 is 2.76 bits per heavy atom. The van der Waals surface area contributed by atoms with Gasteiger partial charge in [-0.25, -0.2) is 4.79 Å². The molecule has 1 aromatic heterocycles. The van der Waals surface area contributed by atoms with E-state index in [-0.39, 0.29) is 17.9 Å². The monoisotopic (exact) mass is 348 g/mol. The Bertz CT molecular complexity index is 568. The van der Waals surface area contributed by atoms with Crippen LogP contribution >= 0.6 is 0 Å². The lowest BCUT2D eigenvalue weighted by atomic mass is 9.94. The highest BCUT2D eigenvalue weighted by atomic mass is 16.2. The number of carbonyl (C=O) groups excluding carboxylic acids is 2. The summed E-state index contributed by atoms with van der Waals surface area (Å²) in [6, 6.07) is 2.02. The molecule has 0 unspecified atom stereocenters. The number of primary amides is 1. The predicted octanol–water partition coefficient (Wildman–Crippen LogP) is 0.496. The highest BCUT2D eigenvalue weighted by Crippen LogP contribution is 2.26. The lowest BCUT2D eigenvalue weighted by Gasteiger charge is -2.33. The fraction of sp³-hybridized carbons (Fsp3) is 0.706. The smallest absolute Gasteiger partial charge is 0.317 e. The summed E-state index contributed by atoms with van der Waals surface area (Å²) in [5.74, 6) is 0.200. The molecule has 4 N–H and O–H groups in total. The number of amides is 3. The van der Waals surface area contributed by atoms with E-state index in [0.717, 1.165) is 57.6 Å². The topological polar surface area (TPSA) is 107 Å². The number of aromatic amines is 1. The Kier molecular flexibility index (Phi) is 5.91. The Morgan fingerprint density at radius 1 is 1.28 bits per heavy atom.